The van der Waals surface area contributed by atoms with Gasteiger partial charge in [0, 0.05) is 23.5 Å². The normalized spacial score (nSPS) is 21.1. The second-order valence-electron chi connectivity index (χ2n) is 6.68. The zero-order chi connectivity index (χ0) is 17.6. The average molecular weight is 338 g/mol. The lowest BCUT2D eigenvalue weighted by molar-refractivity contribution is 0.320. The fourth-order valence-corrected chi connectivity index (χ4v) is 3.85. The molecular weight excluding hydrogens is 320 g/mol. The van der Waals surface area contributed by atoms with Gasteiger partial charge in [-0.2, -0.15) is 0 Å². The van der Waals surface area contributed by atoms with E-state index >= 15 is 0 Å². The maximum Gasteiger partial charge on any atom is 0.133 e. The lowest BCUT2D eigenvalue weighted by atomic mass is 9.84. The molecular formula is C22H18N4. The monoisotopic (exact) mass is 338 g/mol. The first-order valence-corrected chi connectivity index (χ1v) is 8.75. The summed E-state index contributed by atoms with van der Waals surface area (Å²) in [5.41, 5.74) is 3.76. The number of pyridine rings is 2. The molecule has 0 fully saturated rings. The van der Waals surface area contributed by atoms with Gasteiger partial charge in [0.2, 0.25) is 0 Å². The number of rotatable bonds is 2. The molecule has 0 saturated heterocycles. The molecule has 126 valence electrons. The van der Waals surface area contributed by atoms with Crippen LogP contribution in [0.15, 0.2) is 84.1 Å². The molecule has 0 bridgehead atoms. The molecule has 26 heavy (non-hydrogen) atoms. The molecule has 0 saturated carbocycles. The van der Waals surface area contributed by atoms with Gasteiger partial charge in [-0.1, -0.05) is 24.3 Å². The fourth-order valence-electron chi connectivity index (χ4n) is 3.85. The average Bonchev–Trinajstić information content (AvgIpc) is 3.08. The quantitative estimate of drug-likeness (QED) is 0.710. The van der Waals surface area contributed by atoms with Gasteiger partial charge in [-0.15, -0.1) is 0 Å². The Morgan fingerprint density at radius 3 is 2.92 bits per heavy atom. The van der Waals surface area contributed by atoms with Gasteiger partial charge in [0.05, 0.1) is 17.8 Å². The van der Waals surface area contributed by atoms with Crippen LogP contribution in [0.2, 0.25) is 0 Å². The molecule has 5 rings (SSSR count). The molecule has 2 aliphatic heterocycles. The summed E-state index contributed by atoms with van der Waals surface area (Å²) in [6.45, 7) is 2.67. The Kier molecular flexibility index (Phi) is 3.25. The largest absolute Gasteiger partial charge is 0.315 e. The van der Waals surface area contributed by atoms with Gasteiger partial charge in [0.15, 0.2) is 0 Å². The lowest BCUT2D eigenvalue weighted by Crippen LogP contribution is -2.45. The van der Waals surface area contributed by atoms with Gasteiger partial charge in [-0.25, -0.2) is 0 Å². The van der Waals surface area contributed by atoms with Crippen molar-refractivity contribution in [3.63, 3.8) is 0 Å². The lowest BCUT2D eigenvalue weighted by Gasteiger charge is -2.38. The van der Waals surface area contributed by atoms with Crippen molar-refractivity contribution in [2.45, 2.75) is 12.5 Å². The Bertz CT molecular complexity index is 1100. The van der Waals surface area contributed by atoms with Crippen molar-refractivity contribution >= 4 is 16.7 Å². The molecule has 1 unspecified atom stereocenters. The molecule has 4 heteroatoms. The van der Waals surface area contributed by atoms with Crippen molar-refractivity contribution in [3.05, 3.63) is 96.1 Å². The third-order valence-corrected chi connectivity index (χ3v) is 5.11. The van der Waals surface area contributed by atoms with Crippen LogP contribution in [0.3, 0.4) is 0 Å². The summed E-state index contributed by atoms with van der Waals surface area (Å²) >= 11 is 0. The zero-order valence-electron chi connectivity index (χ0n) is 14.5. The van der Waals surface area contributed by atoms with E-state index in [1.807, 2.05) is 31.3 Å². The Balaban J connectivity index is 1.77. The third-order valence-electron chi connectivity index (χ3n) is 5.11. The SMILES string of the molecule is Cc1cccc(C2(c3ccc4ncccc4c3)CN=C3C=CC=CN32)n1. The standard InChI is InChI=1S/C22H18N4/c1-16-6-4-8-20(25-16)22(15-24-21-9-2-3-13-26(21)22)18-10-11-19-17(14-18)7-5-12-23-19/h2-14H,15H2,1H3. The number of aliphatic imine (C=N–C) groups is 1. The minimum Gasteiger partial charge on any atom is -0.315 e. The molecule has 0 amide bonds. The summed E-state index contributed by atoms with van der Waals surface area (Å²) in [7, 11) is 0. The van der Waals surface area contributed by atoms with E-state index in [9.17, 15) is 0 Å². The van der Waals surface area contributed by atoms with Crippen molar-refractivity contribution in [1.29, 1.82) is 0 Å². The van der Waals surface area contributed by atoms with Gasteiger partial charge in [0.25, 0.3) is 0 Å². The van der Waals surface area contributed by atoms with E-state index in [0.717, 1.165) is 28.1 Å². The van der Waals surface area contributed by atoms with Crippen LogP contribution in [0.25, 0.3) is 10.9 Å². The molecule has 0 radical (unpaired) electrons. The highest BCUT2D eigenvalue weighted by Crippen LogP contribution is 2.41. The minimum absolute atomic E-state index is 0.438. The Hall–Kier alpha value is -3.27. The van der Waals surface area contributed by atoms with Gasteiger partial charge in [0.1, 0.15) is 11.4 Å². The van der Waals surface area contributed by atoms with Crippen LogP contribution in [0.4, 0.5) is 0 Å². The van der Waals surface area contributed by atoms with Crippen molar-refractivity contribution in [1.82, 2.24) is 14.9 Å². The molecule has 1 atom stereocenters. The van der Waals surface area contributed by atoms with Gasteiger partial charge >= 0.3 is 0 Å². The number of fused-ring (bicyclic) bond motifs is 2. The van der Waals surface area contributed by atoms with E-state index in [-0.39, 0.29) is 0 Å². The van der Waals surface area contributed by atoms with Crippen LogP contribution >= 0.6 is 0 Å². The summed E-state index contributed by atoms with van der Waals surface area (Å²) in [6.07, 6.45) is 10.1. The van der Waals surface area contributed by atoms with Gasteiger partial charge < -0.3 is 4.90 Å². The van der Waals surface area contributed by atoms with E-state index in [1.54, 1.807) is 0 Å². The molecule has 4 nitrogen and oxygen atoms in total. The number of nitrogens with zero attached hydrogens (tertiary/aromatic N) is 4. The highest BCUT2D eigenvalue weighted by molar-refractivity contribution is 5.97. The summed E-state index contributed by atoms with van der Waals surface area (Å²) in [5, 5.41) is 1.13. The number of hydrogen-bond donors (Lipinski definition) is 0. The highest BCUT2D eigenvalue weighted by Gasteiger charge is 2.46. The first-order valence-electron chi connectivity index (χ1n) is 8.75. The van der Waals surface area contributed by atoms with Crippen LogP contribution in [0.1, 0.15) is 17.0 Å². The fraction of sp³-hybridized carbons (Fsp3) is 0.136. The van der Waals surface area contributed by atoms with Gasteiger partial charge in [-0.3, -0.25) is 15.0 Å². The number of aromatic nitrogens is 2. The maximum atomic E-state index is 4.89. The maximum absolute atomic E-state index is 4.89. The van der Waals surface area contributed by atoms with E-state index in [4.69, 9.17) is 9.98 Å². The van der Waals surface area contributed by atoms with Crippen LogP contribution in [-0.2, 0) is 5.54 Å². The minimum atomic E-state index is -0.438. The molecule has 4 heterocycles. The zero-order valence-corrected chi connectivity index (χ0v) is 14.5. The summed E-state index contributed by atoms with van der Waals surface area (Å²) < 4.78 is 0. The van der Waals surface area contributed by atoms with Crippen LogP contribution < -0.4 is 0 Å². The Labute approximate surface area is 152 Å². The van der Waals surface area contributed by atoms with Crippen molar-refractivity contribution in [2.24, 2.45) is 4.99 Å². The summed E-state index contributed by atoms with van der Waals surface area (Å²) in [5.74, 6) is 0.974. The van der Waals surface area contributed by atoms with Crippen molar-refractivity contribution in [2.75, 3.05) is 6.54 Å². The Morgan fingerprint density at radius 2 is 2.00 bits per heavy atom. The molecule has 0 N–H and O–H groups in total. The van der Waals surface area contributed by atoms with Crippen molar-refractivity contribution < 1.29 is 0 Å². The molecule has 3 aromatic rings. The topological polar surface area (TPSA) is 41.4 Å². The smallest absolute Gasteiger partial charge is 0.133 e. The molecule has 2 aliphatic rings. The Morgan fingerprint density at radius 1 is 1.04 bits per heavy atom. The number of aryl methyl sites for hydroxylation is 1. The third kappa shape index (κ3) is 2.12. The highest BCUT2D eigenvalue weighted by atomic mass is 15.3. The second-order valence-corrected chi connectivity index (χ2v) is 6.68. The predicted octanol–water partition coefficient (Wildman–Crippen LogP) is 3.98. The number of allylic oxidation sites excluding steroid dienone is 2. The first kappa shape index (κ1) is 15.0. The predicted molar refractivity (Wildman–Crippen MR) is 104 cm³/mol. The number of amidine groups is 1. The van der Waals surface area contributed by atoms with E-state index in [1.165, 1.54) is 5.56 Å². The van der Waals surface area contributed by atoms with E-state index in [2.05, 4.69) is 64.6 Å². The van der Waals surface area contributed by atoms with Crippen LogP contribution in [-0.4, -0.2) is 27.2 Å². The number of hydrogen-bond acceptors (Lipinski definition) is 4. The van der Waals surface area contributed by atoms with Crippen LogP contribution in [0.5, 0.6) is 0 Å². The summed E-state index contributed by atoms with van der Waals surface area (Å²) in [6, 6.07) is 16.7. The molecule has 1 aromatic carbocycles. The van der Waals surface area contributed by atoms with Crippen LogP contribution in [0, 0.1) is 6.92 Å². The summed E-state index contributed by atoms with van der Waals surface area (Å²) in [4.78, 5) is 16.4. The van der Waals surface area contributed by atoms with Crippen molar-refractivity contribution in [3.8, 4) is 0 Å². The molecule has 2 aromatic heterocycles. The van der Waals surface area contributed by atoms with E-state index < -0.39 is 5.54 Å². The van der Waals surface area contributed by atoms with Gasteiger partial charge in [-0.05, 0) is 55.0 Å². The molecule has 0 aliphatic carbocycles. The first-order chi connectivity index (χ1) is 12.8. The van der Waals surface area contributed by atoms with E-state index in [0.29, 0.717) is 6.54 Å². The molecule has 0 spiro atoms. The second kappa shape index (κ2) is 5.63. The number of benzene rings is 1.